The van der Waals surface area contributed by atoms with Gasteiger partial charge in [0.05, 0.1) is 0 Å². The number of allylic oxidation sites excluding steroid dienone is 11. The second-order valence-corrected chi connectivity index (χ2v) is 17.2. The van der Waals surface area contributed by atoms with Crippen molar-refractivity contribution in [2.75, 3.05) is 0 Å². The molecule has 0 amide bonds. The second kappa shape index (κ2) is 19.0. The molecular weight excluding hydrogens is 577 g/mol. The van der Waals surface area contributed by atoms with Crippen molar-refractivity contribution < 1.29 is 0 Å². The Kier molecular flexibility index (Phi) is 14.8. The summed E-state index contributed by atoms with van der Waals surface area (Å²) < 4.78 is 0. The summed E-state index contributed by atoms with van der Waals surface area (Å²) in [6, 6.07) is 0. The minimum atomic E-state index is 0.496. The van der Waals surface area contributed by atoms with Crippen LogP contribution < -0.4 is 0 Å². The van der Waals surface area contributed by atoms with Crippen molar-refractivity contribution in [2.45, 2.75) is 149 Å². The van der Waals surface area contributed by atoms with E-state index in [-0.39, 0.29) is 0 Å². The van der Waals surface area contributed by atoms with Gasteiger partial charge in [-0.05, 0) is 161 Å². The molecule has 48 heavy (non-hydrogen) atoms. The van der Waals surface area contributed by atoms with Crippen LogP contribution >= 0.6 is 0 Å². The predicted molar refractivity (Wildman–Crippen MR) is 212 cm³/mol. The van der Waals surface area contributed by atoms with Crippen LogP contribution in [0.1, 0.15) is 149 Å². The highest BCUT2D eigenvalue weighted by molar-refractivity contribution is 5.31. The lowest BCUT2D eigenvalue weighted by atomic mass is 9.62. The van der Waals surface area contributed by atoms with Crippen LogP contribution in [0.25, 0.3) is 0 Å². The zero-order chi connectivity index (χ0) is 33.9. The standard InChI is InChI=1S/C48H74/c1-7-11-12-18-37(8-2)39-27-31-42(32-28-39)44(10-4)48-23-16-15-21-45(48)36(6)35(5)25-26-38(9-3)40-29-33-43(34-30-40)47-24-17-20-41-19-13-14-22-46(41)47/h8-10,27,29,31-33,35-40,43-45,47-48H,2-4,7,11-26,28,30,34H2,1,5-6H3. The van der Waals surface area contributed by atoms with E-state index in [1.54, 1.807) is 5.57 Å². The zero-order valence-corrected chi connectivity index (χ0v) is 31.7. The van der Waals surface area contributed by atoms with Gasteiger partial charge in [-0.1, -0.05) is 113 Å². The van der Waals surface area contributed by atoms with Crippen molar-refractivity contribution in [1.29, 1.82) is 0 Å². The molecule has 0 N–H and O–H groups in total. The minimum Gasteiger partial charge on any atom is -0.103 e. The van der Waals surface area contributed by atoms with Crippen molar-refractivity contribution in [3.8, 4) is 0 Å². The first-order chi connectivity index (χ1) is 23.5. The molecule has 0 radical (unpaired) electrons. The van der Waals surface area contributed by atoms with Gasteiger partial charge < -0.3 is 0 Å². The van der Waals surface area contributed by atoms with Gasteiger partial charge in [0, 0.05) is 5.92 Å². The topological polar surface area (TPSA) is 0 Å². The normalized spacial score (nSPS) is 32.4. The van der Waals surface area contributed by atoms with Crippen LogP contribution in [0, 0.1) is 65.1 Å². The summed E-state index contributed by atoms with van der Waals surface area (Å²) in [6.07, 6.45) is 47.1. The average molecular weight is 651 g/mol. The van der Waals surface area contributed by atoms with E-state index in [4.69, 9.17) is 0 Å². The quantitative estimate of drug-likeness (QED) is 0.109. The minimum absolute atomic E-state index is 0.496. The SMILES string of the molecule is C=CC(CCCCC)C1C=CC(C(C=C)C2CCCCC2C(C)C(C)CCC(C=C)C2C=CC(C3CCCC4=C3CCCC4)CC2)=CC1. The summed E-state index contributed by atoms with van der Waals surface area (Å²) in [7, 11) is 0. The smallest absolute Gasteiger partial charge is 0.00430 e. The molecule has 0 heteroatoms. The summed E-state index contributed by atoms with van der Waals surface area (Å²) in [4.78, 5) is 0. The van der Waals surface area contributed by atoms with E-state index in [1.807, 2.05) is 11.1 Å². The number of hydrogen-bond donors (Lipinski definition) is 0. The van der Waals surface area contributed by atoms with Gasteiger partial charge in [-0.2, -0.15) is 0 Å². The van der Waals surface area contributed by atoms with Gasteiger partial charge in [0.2, 0.25) is 0 Å². The molecule has 11 atom stereocenters. The Labute approximate surface area is 298 Å². The third-order valence-electron chi connectivity index (χ3n) is 14.5. The molecule has 0 bridgehead atoms. The Bertz CT molecular complexity index is 1150. The fraction of sp³-hybridized carbons (Fsp3) is 0.708. The van der Waals surface area contributed by atoms with Gasteiger partial charge in [-0.3, -0.25) is 0 Å². The first kappa shape index (κ1) is 37.4. The Hall–Kier alpha value is -1.82. The monoisotopic (exact) mass is 651 g/mol. The summed E-state index contributed by atoms with van der Waals surface area (Å²) in [6.45, 7) is 20.5. The Morgan fingerprint density at radius 1 is 0.708 bits per heavy atom. The van der Waals surface area contributed by atoms with Crippen LogP contribution in [0.3, 0.4) is 0 Å². The molecular formula is C48H74. The van der Waals surface area contributed by atoms with Crippen LogP contribution in [-0.2, 0) is 0 Å². The van der Waals surface area contributed by atoms with E-state index < -0.39 is 0 Å². The molecule has 5 aliphatic carbocycles. The van der Waals surface area contributed by atoms with Gasteiger partial charge in [-0.25, -0.2) is 0 Å². The molecule has 0 aromatic rings. The van der Waals surface area contributed by atoms with Crippen LogP contribution in [0.15, 0.2) is 85.1 Å². The lowest BCUT2D eigenvalue weighted by Gasteiger charge is -2.42. The molecule has 0 aromatic carbocycles. The fourth-order valence-electron chi connectivity index (χ4n) is 11.3. The van der Waals surface area contributed by atoms with Gasteiger partial charge in [0.25, 0.3) is 0 Å². The van der Waals surface area contributed by atoms with Crippen molar-refractivity contribution in [2.24, 2.45) is 65.1 Å². The van der Waals surface area contributed by atoms with E-state index in [2.05, 4.69) is 89.1 Å². The van der Waals surface area contributed by atoms with Crippen molar-refractivity contribution in [3.63, 3.8) is 0 Å². The molecule has 11 unspecified atom stereocenters. The maximum atomic E-state index is 4.44. The van der Waals surface area contributed by atoms with Crippen molar-refractivity contribution in [3.05, 3.63) is 85.1 Å². The first-order valence-electron chi connectivity index (χ1n) is 21.1. The highest BCUT2D eigenvalue weighted by Gasteiger charge is 2.38. The summed E-state index contributed by atoms with van der Waals surface area (Å²) in [5, 5.41) is 0. The highest BCUT2D eigenvalue weighted by Crippen LogP contribution is 2.48. The molecule has 0 aliphatic heterocycles. The number of unbranched alkanes of at least 4 members (excludes halogenated alkanes) is 2. The van der Waals surface area contributed by atoms with Crippen LogP contribution in [0.5, 0.6) is 0 Å². The molecule has 0 spiro atoms. The maximum Gasteiger partial charge on any atom is 0.00430 e. The molecule has 5 aliphatic rings. The number of hydrogen-bond acceptors (Lipinski definition) is 0. The van der Waals surface area contributed by atoms with Gasteiger partial charge in [0.15, 0.2) is 0 Å². The van der Waals surface area contributed by atoms with E-state index >= 15 is 0 Å². The molecule has 0 heterocycles. The van der Waals surface area contributed by atoms with E-state index in [9.17, 15) is 0 Å². The van der Waals surface area contributed by atoms with Crippen LogP contribution in [0.2, 0.25) is 0 Å². The third kappa shape index (κ3) is 9.29. The lowest BCUT2D eigenvalue weighted by Crippen LogP contribution is -2.34. The van der Waals surface area contributed by atoms with Crippen molar-refractivity contribution in [1.82, 2.24) is 0 Å². The Morgan fingerprint density at radius 2 is 1.46 bits per heavy atom. The summed E-state index contributed by atoms with van der Waals surface area (Å²) in [5.74, 6) is 7.73. The molecule has 5 rings (SSSR count). The van der Waals surface area contributed by atoms with Gasteiger partial charge in [0.1, 0.15) is 0 Å². The lowest BCUT2D eigenvalue weighted by molar-refractivity contribution is 0.107. The highest BCUT2D eigenvalue weighted by atomic mass is 14.4. The van der Waals surface area contributed by atoms with Gasteiger partial charge >= 0.3 is 0 Å². The molecule has 266 valence electrons. The average Bonchev–Trinajstić information content (AvgIpc) is 3.14. The van der Waals surface area contributed by atoms with Crippen LogP contribution in [-0.4, -0.2) is 0 Å². The molecule has 0 nitrogen and oxygen atoms in total. The van der Waals surface area contributed by atoms with Crippen molar-refractivity contribution >= 4 is 0 Å². The summed E-state index contributed by atoms with van der Waals surface area (Å²) in [5.41, 5.74) is 5.32. The third-order valence-corrected chi connectivity index (χ3v) is 14.5. The maximum absolute atomic E-state index is 4.44. The molecule has 0 aromatic heterocycles. The van der Waals surface area contributed by atoms with Gasteiger partial charge in [-0.15, -0.1) is 19.7 Å². The zero-order valence-electron chi connectivity index (χ0n) is 31.7. The Morgan fingerprint density at radius 3 is 2.15 bits per heavy atom. The van der Waals surface area contributed by atoms with E-state index in [1.165, 1.54) is 128 Å². The second-order valence-electron chi connectivity index (χ2n) is 17.2. The summed E-state index contributed by atoms with van der Waals surface area (Å²) >= 11 is 0. The predicted octanol–water partition coefficient (Wildman–Crippen LogP) is 14.6. The van der Waals surface area contributed by atoms with Crippen LogP contribution in [0.4, 0.5) is 0 Å². The van der Waals surface area contributed by atoms with E-state index in [0.717, 1.165) is 35.5 Å². The molecule has 1 saturated carbocycles. The van der Waals surface area contributed by atoms with E-state index in [0.29, 0.717) is 29.6 Å². The molecule has 1 fully saturated rings. The fourth-order valence-corrected chi connectivity index (χ4v) is 11.3. The Balaban J connectivity index is 1.15. The number of rotatable bonds is 17. The molecule has 0 saturated heterocycles. The largest absolute Gasteiger partial charge is 0.103 e. The first-order valence-corrected chi connectivity index (χ1v) is 21.1.